The fourth-order valence-corrected chi connectivity index (χ4v) is 2.83. The second-order valence-electron chi connectivity index (χ2n) is 3.85. The standard InChI is InChI=1S/C10H13ClO3S/c1-10(2,7-12)15(13,14)9-6-4-3-5-8(9)11/h3-6,12H,7H2,1-2H3. The maximum absolute atomic E-state index is 12.1. The lowest BCUT2D eigenvalue weighted by atomic mass is 10.2. The molecule has 0 heterocycles. The van der Waals surface area contributed by atoms with Gasteiger partial charge in [0.2, 0.25) is 0 Å². The summed E-state index contributed by atoms with van der Waals surface area (Å²) in [6.45, 7) is 2.48. The third kappa shape index (κ3) is 2.17. The molecule has 0 radical (unpaired) electrons. The topological polar surface area (TPSA) is 54.4 Å². The highest BCUT2D eigenvalue weighted by Crippen LogP contribution is 2.29. The summed E-state index contributed by atoms with van der Waals surface area (Å²) in [5.74, 6) is 0. The van der Waals surface area contributed by atoms with Gasteiger partial charge in [0.05, 0.1) is 21.3 Å². The van der Waals surface area contributed by atoms with Crippen LogP contribution in [0.2, 0.25) is 5.02 Å². The molecule has 1 N–H and O–H groups in total. The maximum Gasteiger partial charge on any atom is 0.187 e. The Labute approximate surface area is 94.6 Å². The fourth-order valence-electron chi connectivity index (χ4n) is 1.05. The van der Waals surface area contributed by atoms with Crippen LogP contribution in [-0.2, 0) is 9.84 Å². The Hall–Kier alpha value is -0.580. The average molecular weight is 249 g/mol. The summed E-state index contributed by atoms with van der Waals surface area (Å²) in [6.07, 6.45) is 0. The lowest BCUT2D eigenvalue weighted by molar-refractivity contribution is 0.258. The molecule has 0 aliphatic rings. The first kappa shape index (κ1) is 12.5. The van der Waals surface area contributed by atoms with Crippen LogP contribution >= 0.6 is 11.6 Å². The minimum Gasteiger partial charge on any atom is -0.395 e. The van der Waals surface area contributed by atoms with Crippen LogP contribution in [0.5, 0.6) is 0 Å². The van der Waals surface area contributed by atoms with Crippen molar-refractivity contribution in [1.82, 2.24) is 0 Å². The van der Waals surface area contributed by atoms with Crippen molar-refractivity contribution in [3.8, 4) is 0 Å². The van der Waals surface area contributed by atoms with E-state index in [4.69, 9.17) is 16.7 Å². The molecule has 0 atom stereocenters. The molecule has 0 bridgehead atoms. The highest BCUT2D eigenvalue weighted by molar-refractivity contribution is 7.93. The number of halogens is 1. The van der Waals surface area contributed by atoms with Crippen LogP contribution in [-0.4, -0.2) is 24.9 Å². The van der Waals surface area contributed by atoms with Crippen molar-refractivity contribution in [2.45, 2.75) is 23.5 Å². The largest absolute Gasteiger partial charge is 0.395 e. The third-order valence-electron chi connectivity index (χ3n) is 2.23. The summed E-state index contributed by atoms with van der Waals surface area (Å²) in [6, 6.07) is 6.22. The van der Waals surface area contributed by atoms with E-state index in [0.29, 0.717) is 0 Å². The van der Waals surface area contributed by atoms with Gasteiger partial charge in [-0.3, -0.25) is 0 Å². The summed E-state index contributed by atoms with van der Waals surface area (Å²) in [5.41, 5.74) is 0. The molecule has 84 valence electrons. The third-order valence-corrected chi connectivity index (χ3v) is 5.20. The number of sulfone groups is 1. The first-order valence-electron chi connectivity index (χ1n) is 4.43. The second-order valence-corrected chi connectivity index (χ2v) is 6.81. The molecule has 15 heavy (non-hydrogen) atoms. The number of aliphatic hydroxyl groups is 1. The smallest absolute Gasteiger partial charge is 0.187 e. The fraction of sp³-hybridized carbons (Fsp3) is 0.400. The highest BCUT2D eigenvalue weighted by Gasteiger charge is 2.36. The van der Waals surface area contributed by atoms with E-state index in [1.165, 1.54) is 26.0 Å². The van der Waals surface area contributed by atoms with Crippen molar-refractivity contribution >= 4 is 21.4 Å². The molecule has 0 spiro atoms. The van der Waals surface area contributed by atoms with Crippen LogP contribution in [0.3, 0.4) is 0 Å². The molecule has 1 aromatic carbocycles. The highest BCUT2D eigenvalue weighted by atomic mass is 35.5. The average Bonchev–Trinajstić information content (AvgIpc) is 2.18. The van der Waals surface area contributed by atoms with E-state index in [2.05, 4.69) is 0 Å². The van der Waals surface area contributed by atoms with E-state index in [9.17, 15) is 8.42 Å². The Morgan fingerprint density at radius 2 is 1.87 bits per heavy atom. The molecule has 5 heteroatoms. The van der Waals surface area contributed by atoms with E-state index < -0.39 is 21.2 Å². The normalized spacial score (nSPS) is 12.8. The number of hydrogen-bond donors (Lipinski definition) is 1. The Balaban J connectivity index is 3.37. The Morgan fingerprint density at radius 1 is 1.33 bits per heavy atom. The summed E-state index contributed by atoms with van der Waals surface area (Å²) >= 11 is 5.81. The zero-order chi connectivity index (χ0) is 11.7. The van der Waals surface area contributed by atoms with Crippen molar-refractivity contribution < 1.29 is 13.5 Å². The number of hydrogen-bond acceptors (Lipinski definition) is 3. The molecule has 0 saturated carbocycles. The van der Waals surface area contributed by atoms with Gasteiger partial charge in [0, 0.05) is 0 Å². The minimum absolute atomic E-state index is 0.0608. The maximum atomic E-state index is 12.1. The number of rotatable bonds is 3. The molecule has 0 fully saturated rings. The van der Waals surface area contributed by atoms with Gasteiger partial charge in [-0.15, -0.1) is 0 Å². The monoisotopic (exact) mass is 248 g/mol. The van der Waals surface area contributed by atoms with Crippen molar-refractivity contribution in [3.63, 3.8) is 0 Å². The molecule has 0 amide bonds. The predicted octanol–water partition coefficient (Wildman–Crippen LogP) is 1.88. The van der Waals surface area contributed by atoms with Crippen LogP contribution in [0.15, 0.2) is 29.2 Å². The minimum atomic E-state index is -3.60. The second kappa shape index (κ2) is 4.12. The van der Waals surface area contributed by atoms with E-state index in [-0.39, 0.29) is 9.92 Å². The van der Waals surface area contributed by atoms with Gasteiger partial charge in [-0.05, 0) is 26.0 Å². The number of aliphatic hydroxyl groups excluding tert-OH is 1. The van der Waals surface area contributed by atoms with Crippen LogP contribution in [0.1, 0.15) is 13.8 Å². The summed E-state index contributed by atoms with van der Waals surface area (Å²) in [4.78, 5) is 0.0608. The quantitative estimate of drug-likeness (QED) is 0.889. The van der Waals surface area contributed by atoms with Crippen molar-refractivity contribution in [1.29, 1.82) is 0 Å². The first-order chi connectivity index (χ1) is 6.83. The van der Waals surface area contributed by atoms with Crippen LogP contribution < -0.4 is 0 Å². The molecule has 1 aromatic rings. The van der Waals surface area contributed by atoms with Gasteiger partial charge >= 0.3 is 0 Å². The van der Waals surface area contributed by atoms with Crippen molar-refractivity contribution in [2.75, 3.05) is 6.61 Å². The Morgan fingerprint density at radius 3 is 2.33 bits per heavy atom. The molecular formula is C10H13ClO3S. The molecule has 0 aromatic heterocycles. The molecule has 3 nitrogen and oxygen atoms in total. The van der Waals surface area contributed by atoms with E-state index in [1.807, 2.05) is 0 Å². The first-order valence-corrected chi connectivity index (χ1v) is 6.29. The van der Waals surface area contributed by atoms with E-state index >= 15 is 0 Å². The van der Waals surface area contributed by atoms with Gasteiger partial charge in [0.15, 0.2) is 9.84 Å². The van der Waals surface area contributed by atoms with E-state index in [1.54, 1.807) is 12.1 Å². The Kier molecular flexibility index (Phi) is 3.43. The summed E-state index contributed by atoms with van der Waals surface area (Å²) in [7, 11) is -3.60. The van der Waals surface area contributed by atoms with Gasteiger partial charge < -0.3 is 5.11 Å². The number of benzene rings is 1. The lowest BCUT2D eigenvalue weighted by Gasteiger charge is -2.22. The van der Waals surface area contributed by atoms with Gasteiger partial charge in [0.1, 0.15) is 0 Å². The van der Waals surface area contributed by atoms with Crippen molar-refractivity contribution in [2.24, 2.45) is 0 Å². The molecule has 0 aliphatic heterocycles. The molecule has 0 unspecified atom stereocenters. The molecule has 0 saturated heterocycles. The molecular weight excluding hydrogens is 236 g/mol. The zero-order valence-electron chi connectivity index (χ0n) is 8.57. The van der Waals surface area contributed by atoms with E-state index in [0.717, 1.165) is 0 Å². The summed E-state index contributed by atoms with van der Waals surface area (Å²) in [5, 5.41) is 9.24. The van der Waals surface area contributed by atoms with Gasteiger partial charge in [-0.2, -0.15) is 0 Å². The SMILES string of the molecule is CC(C)(CO)S(=O)(=O)c1ccccc1Cl. The molecule has 0 aliphatic carbocycles. The summed E-state index contributed by atoms with van der Waals surface area (Å²) < 4.78 is 22.9. The van der Waals surface area contributed by atoms with Crippen LogP contribution in [0.4, 0.5) is 0 Å². The van der Waals surface area contributed by atoms with Gasteiger partial charge in [0.25, 0.3) is 0 Å². The predicted molar refractivity (Wildman–Crippen MR) is 59.8 cm³/mol. The Bertz CT molecular complexity index is 451. The lowest BCUT2D eigenvalue weighted by Crippen LogP contribution is -2.35. The van der Waals surface area contributed by atoms with Gasteiger partial charge in [-0.25, -0.2) is 8.42 Å². The molecule has 1 rings (SSSR count). The van der Waals surface area contributed by atoms with Crippen molar-refractivity contribution in [3.05, 3.63) is 29.3 Å². The van der Waals surface area contributed by atoms with Crippen LogP contribution in [0, 0.1) is 0 Å². The zero-order valence-corrected chi connectivity index (χ0v) is 10.1. The van der Waals surface area contributed by atoms with Crippen LogP contribution in [0.25, 0.3) is 0 Å². The van der Waals surface area contributed by atoms with Gasteiger partial charge in [-0.1, -0.05) is 23.7 Å².